The van der Waals surface area contributed by atoms with E-state index in [1.54, 1.807) is 35.7 Å². The summed E-state index contributed by atoms with van der Waals surface area (Å²) in [6.07, 6.45) is 4.36. The lowest BCUT2D eigenvalue weighted by Crippen LogP contribution is -2.49. The Balaban J connectivity index is 1.25. The van der Waals surface area contributed by atoms with E-state index in [0.717, 1.165) is 32.1 Å². The van der Waals surface area contributed by atoms with Gasteiger partial charge in [0.2, 0.25) is 0 Å². The van der Waals surface area contributed by atoms with Gasteiger partial charge in [0, 0.05) is 5.56 Å². The zero-order valence-electron chi connectivity index (χ0n) is 18.0. The summed E-state index contributed by atoms with van der Waals surface area (Å²) < 4.78 is 6.02. The van der Waals surface area contributed by atoms with Crippen LogP contribution in [0.3, 0.4) is 0 Å². The van der Waals surface area contributed by atoms with Crippen LogP contribution in [0.4, 0.5) is 4.79 Å². The number of Topliss-reactive ketones (excluding diaryl/α,β-unsaturated/α-hetero) is 1. The lowest BCUT2D eigenvalue weighted by Gasteiger charge is -2.42. The number of ketones is 1. The van der Waals surface area contributed by atoms with Crippen molar-refractivity contribution in [2.24, 2.45) is 0 Å². The van der Waals surface area contributed by atoms with E-state index >= 15 is 0 Å². The van der Waals surface area contributed by atoms with Crippen LogP contribution in [0.1, 0.15) is 48.0 Å². The molecule has 2 atom stereocenters. The molecule has 3 fully saturated rings. The van der Waals surface area contributed by atoms with Gasteiger partial charge in [0.1, 0.15) is 11.6 Å². The summed E-state index contributed by atoms with van der Waals surface area (Å²) >= 11 is 0. The van der Waals surface area contributed by atoms with Gasteiger partial charge < -0.3 is 9.64 Å². The Hall–Kier alpha value is -3.15. The molecule has 1 saturated carbocycles. The Morgan fingerprint density at radius 2 is 1.69 bits per heavy atom. The Morgan fingerprint density at radius 3 is 2.34 bits per heavy atom. The molecule has 0 unspecified atom stereocenters. The topological polar surface area (TPSA) is 66.9 Å². The van der Waals surface area contributed by atoms with Crippen LogP contribution in [0.2, 0.25) is 0 Å². The molecule has 2 amide bonds. The molecule has 1 radical (unpaired) electrons. The average Bonchev–Trinajstić information content (AvgIpc) is 3.38. The summed E-state index contributed by atoms with van der Waals surface area (Å²) in [5, 5.41) is 0. The highest BCUT2D eigenvalue weighted by Crippen LogP contribution is 2.41. The van der Waals surface area contributed by atoms with Crippen molar-refractivity contribution in [3.05, 3.63) is 78.3 Å². The summed E-state index contributed by atoms with van der Waals surface area (Å²) in [5.41, 5.74) is 1.32. The Bertz CT molecular complexity index is 1000. The van der Waals surface area contributed by atoms with E-state index in [1.807, 2.05) is 24.3 Å². The van der Waals surface area contributed by atoms with Crippen LogP contribution in [-0.4, -0.2) is 51.8 Å². The molecule has 0 bridgehead atoms. The maximum absolute atomic E-state index is 13.1. The van der Waals surface area contributed by atoms with Crippen molar-refractivity contribution in [1.29, 1.82) is 0 Å². The Morgan fingerprint density at radius 1 is 1.00 bits per heavy atom. The molecule has 2 heterocycles. The third-order valence-corrected chi connectivity index (χ3v) is 7.04. The highest BCUT2D eigenvalue weighted by Gasteiger charge is 2.53. The standard InChI is InChI=1S/C26H27N2O4/c29-22-18-28(24(30)20-10-5-2-6-11-20)21-13-17-27(23(21)22)25(31)32-26(14-7-15-26)16-12-19-8-3-1-4-9-19/h1-6,8-11,17,21,23H,7,12-16,18H2/t21-,23+/m1/s1. The molecule has 1 aliphatic carbocycles. The van der Waals surface area contributed by atoms with Crippen molar-refractivity contribution in [2.75, 3.05) is 6.54 Å². The first-order chi connectivity index (χ1) is 15.6. The molecule has 32 heavy (non-hydrogen) atoms. The number of amides is 2. The predicted molar refractivity (Wildman–Crippen MR) is 119 cm³/mol. The van der Waals surface area contributed by atoms with Crippen molar-refractivity contribution in [1.82, 2.24) is 9.80 Å². The van der Waals surface area contributed by atoms with E-state index in [9.17, 15) is 14.4 Å². The quantitative estimate of drug-likeness (QED) is 0.718. The maximum atomic E-state index is 13.1. The van der Waals surface area contributed by atoms with Crippen LogP contribution < -0.4 is 0 Å². The molecule has 0 N–H and O–H groups in total. The molecule has 2 aromatic rings. The lowest BCUT2D eigenvalue weighted by molar-refractivity contribution is -0.121. The summed E-state index contributed by atoms with van der Waals surface area (Å²) in [6.45, 7) is 1.75. The number of fused-ring (bicyclic) bond motifs is 1. The van der Waals surface area contributed by atoms with Crippen LogP contribution in [0.25, 0.3) is 0 Å². The number of ether oxygens (including phenoxy) is 1. The van der Waals surface area contributed by atoms with Gasteiger partial charge in [0.25, 0.3) is 5.91 Å². The molecule has 0 spiro atoms. The fraction of sp³-hybridized carbons (Fsp3) is 0.385. The SMILES string of the molecule is O=C1CN(C(=O)c2ccccc2)[C@@H]2C[CH]N(C(=O)OC3(CCc4ccccc4)CCC3)[C@H]12. The summed E-state index contributed by atoms with van der Waals surface area (Å²) in [5.74, 6) is -0.287. The van der Waals surface area contributed by atoms with E-state index in [-0.39, 0.29) is 24.3 Å². The minimum absolute atomic E-state index is 0.0276. The lowest BCUT2D eigenvalue weighted by atomic mass is 9.76. The number of carbonyl (C=O) groups is 3. The van der Waals surface area contributed by atoms with Crippen molar-refractivity contribution in [3.63, 3.8) is 0 Å². The average molecular weight is 432 g/mol. The van der Waals surface area contributed by atoms with Gasteiger partial charge in [-0.25, -0.2) is 4.79 Å². The van der Waals surface area contributed by atoms with Gasteiger partial charge in [-0.05, 0) is 56.2 Å². The minimum Gasteiger partial charge on any atom is -0.443 e. The molecular formula is C26H27N2O4. The highest BCUT2D eigenvalue weighted by molar-refractivity contribution is 6.02. The zero-order chi connectivity index (χ0) is 22.1. The number of nitrogens with zero attached hydrogens (tertiary/aromatic N) is 2. The molecule has 6 nitrogen and oxygen atoms in total. The van der Waals surface area contributed by atoms with Crippen molar-refractivity contribution in [3.8, 4) is 0 Å². The van der Waals surface area contributed by atoms with Gasteiger partial charge in [0.05, 0.1) is 19.1 Å². The second kappa shape index (κ2) is 8.41. The van der Waals surface area contributed by atoms with E-state index in [2.05, 4.69) is 12.1 Å². The van der Waals surface area contributed by atoms with Crippen molar-refractivity contribution < 1.29 is 19.1 Å². The summed E-state index contributed by atoms with van der Waals surface area (Å²) in [7, 11) is 0. The van der Waals surface area contributed by atoms with E-state index in [1.165, 1.54) is 10.5 Å². The number of hydrogen-bond acceptors (Lipinski definition) is 4. The summed E-state index contributed by atoms with van der Waals surface area (Å²) in [4.78, 5) is 41.9. The smallest absolute Gasteiger partial charge is 0.411 e. The van der Waals surface area contributed by atoms with E-state index in [4.69, 9.17) is 4.74 Å². The molecule has 3 aliphatic rings. The largest absolute Gasteiger partial charge is 0.443 e. The molecule has 2 saturated heterocycles. The van der Waals surface area contributed by atoms with Gasteiger partial charge in [-0.15, -0.1) is 0 Å². The van der Waals surface area contributed by atoms with Gasteiger partial charge >= 0.3 is 6.09 Å². The summed E-state index contributed by atoms with van der Waals surface area (Å²) in [6, 6.07) is 18.2. The molecule has 0 aromatic heterocycles. The molecule has 2 aliphatic heterocycles. The Kier molecular flexibility index (Phi) is 5.45. The second-order valence-corrected chi connectivity index (χ2v) is 8.99. The number of hydrogen-bond donors (Lipinski definition) is 0. The fourth-order valence-corrected chi connectivity index (χ4v) is 5.08. The van der Waals surface area contributed by atoms with Crippen LogP contribution in [0.5, 0.6) is 0 Å². The zero-order valence-corrected chi connectivity index (χ0v) is 18.0. The first-order valence-electron chi connectivity index (χ1n) is 11.3. The molecule has 6 heteroatoms. The molecular weight excluding hydrogens is 404 g/mol. The second-order valence-electron chi connectivity index (χ2n) is 8.99. The Labute approximate surface area is 188 Å². The number of carbonyl (C=O) groups excluding carboxylic acids is 3. The minimum atomic E-state index is -0.651. The van der Waals surface area contributed by atoms with Gasteiger partial charge in [-0.3, -0.25) is 14.5 Å². The van der Waals surface area contributed by atoms with Crippen LogP contribution in [-0.2, 0) is 16.0 Å². The van der Waals surface area contributed by atoms with Gasteiger partial charge in [0.15, 0.2) is 5.78 Å². The monoisotopic (exact) mass is 431 g/mol. The highest BCUT2D eigenvalue weighted by atomic mass is 16.6. The van der Waals surface area contributed by atoms with Gasteiger partial charge in [-0.2, -0.15) is 0 Å². The van der Waals surface area contributed by atoms with Crippen molar-refractivity contribution in [2.45, 2.75) is 56.2 Å². The van der Waals surface area contributed by atoms with Crippen molar-refractivity contribution >= 4 is 17.8 Å². The third-order valence-electron chi connectivity index (χ3n) is 7.04. The normalized spacial score (nSPS) is 23.6. The van der Waals surface area contributed by atoms with Crippen LogP contribution >= 0.6 is 0 Å². The number of rotatable bonds is 5. The van der Waals surface area contributed by atoms with Crippen LogP contribution in [0.15, 0.2) is 60.7 Å². The molecule has 2 aromatic carbocycles. The molecule has 165 valence electrons. The number of benzene rings is 2. The fourth-order valence-electron chi connectivity index (χ4n) is 5.08. The third kappa shape index (κ3) is 3.78. The van der Waals surface area contributed by atoms with Crippen LogP contribution in [0, 0.1) is 6.54 Å². The first-order valence-corrected chi connectivity index (χ1v) is 11.3. The van der Waals surface area contributed by atoms with E-state index < -0.39 is 17.7 Å². The predicted octanol–water partition coefficient (Wildman–Crippen LogP) is 4.01. The number of aryl methyl sites for hydroxylation is 1. The maximum Gasteiger partial charge on any atom is 0.411 e. The number of likely N-dealkylation sites (tertiary alicyclic amines) is 2. The first kappa shape index (κ1) is 20.7. The molecule has 5 rings (SSSR count). The van der Waals surface area contributed by atoms with Gasteiger partial charge in [-0.1, -0.05) is 48.5 Å². The van der Waals surface area contributed by atoms with E-state index in [0.29, 0.717) is 12.0 Å².